The van der Waals surface area contributed by atoms with E-state index >= 15 is 0 Å². The highest BCUT2D eigenvalue weighted by molar-refractivity contribution is 7.89. The van der Waals surface area contributed by atoms with Crippen LogP contribution in [0.2, 0.25) is 0 Å². The number of hydrogen-bond acceptors (Lipinski definition) is 8. The predicted molar refractivity (Wildman–Crippen MR) is 128 cm³/mol. The highest BCUT2D eigenvalue weighted by Crippen LogP contribution is 2.39. The molecule has 4 rings (SSSR count). The second-order valence-electron chi connectivity index (χ2n) is 8.54. The average molecular weight is 501 g/mol. The van der Waals surface area contributed by atoms with Crippen LogP contribution in [0.5, 0.6) is 0 Å². The number of morpholine rings is 1. The van der Waals surface area contributed by atoms with Crippen molar-refractivity contribution >= 4 is 27.5 Å². The minimum atomic E-state index is -3.65. The first kappa shape index (κ1) is 25.0. The summed E-state index contributed by atoms with van der Waals surface area (Å²) in [5, 5.41) is 11.2. The summed E-state index contributed by atoms with van der Waals surface area (Å²) in [6.45, 7) is 3.56. The molecule has 1 unspecified atom stereocenters. The van der Waals surface area contributed by atoms with Gasteiger partial charge in [0.1, 0.15) is 5.76 Å². The first-order valence-electron chi connectivity index (χ1n) is 11.2. The smallest absolute Gasteiger partial charge is 0.295 e. The molecule has 0 spiro atoms. The molecular weight excluding hydrogens is 472 g/mol. The number of sulfonamides is 1. The fourth-order valence-electron chi connectivity index (χ4n) is 4.22. The number of pyridine rings is 1. The minimum Gasteiger partial charge on any atom is -0.507 e. The molecule has 1 atom stereocenters. The summed E-state index contributed by atoms with van der Waals surface area (Å²) in [7, 11) is -0.802. The van der Waals surface area contributed by atoms with E-state index < -0.39 is 27.8 Å². The number of likely N-dealkylation sites (tertiary alicyclic amines) is 1. The van der Waals surface area contributed by atoms with Crippen molar-refractivity contribution in [3.8, 4) is 0 Å². The molecule has 1 amide bonds. The maximum atomic E-state index is 13.1. The molecule has 0 radical (unpaired) electrons. The van der Waals surface area contributed by atoms with Gasteiger partial charge in [0.25, 0.3) is 11.7 Å². The second-order valence-corrected chi connectivity index (χ2v) is 10.7. The third-order valence-corrected chi connectivity index (χ3v) is 8.04. The van der Waals surface area contributed by atoms with Crippen LogP contribution in [0, 0.1) is 0 Å². The fraction of sp³-hybridized carbons (Fsp3) is 0.375. The van der Waals surface area contributed by atoms with E-state index in [0.717, 1.165) is 17.4 Å². The largest absolute Gasteiger partial charge is 0.507 e. The predicted octanol–water partition coefficient (Wildman–Crippen LogP) is 1.09. The minimum absolute atomic E-state index is 0.0480. The van der Waals surface area contributed by atoms with Crippen molar-refractivity contribution in [3.05, 3.63) is 65.5 Å². The lowest BCUT2D eigenvalue weighted by Crippen LogP contribution is -2.42. The Hall–Kier alpha value is -3.12. The number of aliphatic hydroxyl groups is 1. The van der Waals surface area contributed by atoms with E-state index in [0.29, 0.717) is 31.9 Å². The highest BCUT2D eigenvalue weighted by Gasteiger charge is 2.46. The monoisotopic (exact) mass is 500 g/mol. The summed E-state index contributed by atoms with van der Waals surface area (Å²) < 4.78 is 31.2. The molecule has 2 aromatic rings. The second kappa shape index (κ2) is 10.2. The van der Waals surface area contributed by atoms with Crippen LogP contribution in [0.3, 0.4) is 0 Å². The Morgan fingerprint density at radius 3 is 2.40 bits per heavy atom. The molecule has 35 heavy (non-hydrogen) atoms. The lowest BCUT2D eigenvalue weighted by Gasteiger charge is -2.30. The molecule has 11 heteroatoms. The van der Waals surface area contributed by atoms with E-state index in [9.17, 15) is 23.1 Å². The van der Waals surface area contributed by atoms with Gasteiger partial charge >= 0.3 is 0 Å². The quantitative estimate of drug-likeness (QED) is 0.341. The van der Waals surface area contributed by atoms with Crippen LogP contribution in [0.1, 0.15) is 17.2 Å². The molecule has 0 saturated carbocycles. The Kier molecular flexibility index (Phi) is 7.31. The Balaban J connectivity index is 1.71. The number of benzene rings is 1. The summed E-state index contributed by atoms with van der Waals surface area (Å²) in [5.74, 6) is -1.84. The topological polar surface area (TPSA) is 120 Å². The molecule has 2 aliphatic rings. The van der Waals surface area contributed by atoms with Crippen molar-refractivity contribution in [2.24, 2.45) is 0 Å². The zero-order chi connectivity index (χ0) is 25.2. The normalized spacial score (nSPS) is 21.1. The van der Waals surface area contributed by atoms with Crippen LogP contribution in [-0.2, 0) is 24.3 Å². The third kappa shape index (κ3) is 4.98. The van der Waals surface area contributed by atoms with Crippen molar-refractivity contribution in [2.45, 2.75) is 10.9 Å². The molecule has 10 nitrogen and oxygen atoms in total. The lowest BCUT2D eigenvalue weighted by molar-refractivity contribution is -0.140. The Bertz CT molecular complexity index is 1220. The van der Waals surface area contributed by atoms with Gasteiger partial charge in [0.2, 0.25) is 10.0 Å². The standard InChI is InChI=1S/C24H28N4O6S/c1-26(2)35(32,33)19-7-5-17(6-8-19)22(29)20-21(18-4-3-9-25-16-18)28(24(31)23(20)30)11-10-27-12-14-34-15-13-27/h3-9,16,21,29H,10-15H2,1-2H3/b22-20-. The number of aromatic nitrogens is 1. The lowest BCUT2D eigenvalue weighted by atomic mass is 9.96. The van der Waals surface area contributed by atoms with E-state index in [1.807, 2.05) is 0 Å². The van der Waals surface area contributed by atoms with Gasteiger partial charge in [-0.2, -0.15) is 0 Å². The van der Waals surface area contributed by atoms with Crippen LogP contribution in [0.25, 0.3) is 5.76 Å². The van der Waals surface area contributed by atoms with E-state index in [4.69, 9.17) is 4.74 Å². The van der Waals surface area contributed by atoms with Crippen LogP contribution < -0.4 is 0 Å². The number of Topliss-reactive ketones (excluding diaryl/α,β-unsaturated/α-hetero) is 1. The van der Waals surface area contributed by atoms with E-state index in [-0.39, 0.29) is 21.8 Å². The van der Waals surface area contributed by atoms with Gasteiger partial charge < -0.3 is 14.7 Å². The maximum absolute atomic E-state index is 13.1. The van der Waals surface area contributed by atoms with Gasteiger partial charge in [-0.1, -0.05) is 6.07 Å². The Morgan fingerprint density at radius 2 is 1.80 bits per heavy atom. The van der Waals surface area contributed by atoms with Gasteiger partial charge in [-0.3, -0.25) is 19.5 Å². The molecule has 0 aliphatic carbocycles. The summed E-state index contributed by atoms with van der Waals surface area (Å²) in [6.07, 6.45) is 3.16. The number of rotatable bonds is 7. The number of ketones is 1. The van der Waals surface area contributed by atoms with Crippen molar-refractivity contribution < 1.29 is 27.9 Å². The number of aliphatic hydroxyl groups excluding tert-OH is 1. The number of ether oxygens (including phenoxy) is 1. The van der Waals surface area contributed by atoms with Gasteiger partial charge in [0.15, 0.2) is 0 Å². The van der Waals surface area contributed by atoms with Crippen LogP contribution >= 0.6 is 0 Å². The highest BCUT2D eigenvalue weighted by atomic mass is 32.2. The van der Waals surface area contributed by atoms with Crippen LogP contribution in [-0.4, -0.2) is 97.8 Å². The van der Waals surface area contributed by atoms with Gasteiger partial charge in [-0.25, -0.2) is 12.7 Å². The number of carbonyl (C=O) groups is 2. The van der Waals surface area contributed by atoms with Crippen molar-refractivity contribution in [1.29, 1.82) is 0 Å². The third-order valence-electron chi connectivity index (χ3n) is 6.21. The van der Waals surface area contributed by atoms with E-state index in [2.05, 4.69) is 9.88 Å². The van der Waals surface area contributed by atoms with Gasteiger partial charge in [-0.05, 0) is 35.9 Å². The summed E-state index contributed by atoms with van der Waals surface area (Å²) in [5.41, 5.74) is 0.790. The van der Waals surface area contributed by atoms with Gasteiger partial charge in [-0.15, -0.1) is 0 Å². The zero-order valence-electron chi connectivity index (χ0n) is 19.6. The first-order valence-corrected chi connectivity index (χ1v) is 12.7. The maximum Gasteiger partial charge on any atom is 0.295 e. The summed E-state index contributed by atoms with van der Waals surface area (Å²) in [4.78, 5) is 34.0. The molecule has 2 aliphatic heterocycles. The number of carbonyl (C=O) groups excluding carboxylic acids is 2. The van der Waals surface area contributed by atoms with Gasteiger partial charge in [0, 0.05) is 58.2 Å². The summed E-state index contributed by atoms with van der Waals surface area (Å²) >= 11 is 0. The molecule has 2 fully saturated rings. The van der Waals surface area contributed by atoms with Crippen molar-refractivity contribution in [3.63, 3.8) is 0 Å². The molecule has 1 aromatic carbocycles. The van der Waals surface area contributed by atoms with E-state index in [1.54, 1.807) is 24.5 Å². The summed E-state index contributed by atoms with van der Waals surface area (Å²) in [6, 6.07) is 8.22. The molecule has 1 aromatic heterocycles. The average Bonchev–Trinajstić information content (AvgIpc) is 3.13. The Morgan fingerprint density at radius 1 is 1.11 bits per heavy atom. The molecule has 3 heterocycles. The SMILES string of the molecule is CN(C)S(=O)(=O)c1ccc(/C(O)=C2/C(=O)C(=O)N(CCN3CCOCC3)C2c2cccnc2)cc1. The number of nitrogens with zero attached hydrogens (tertiary/aromatic N) is 4. The molecule has 186 valence electrons. The number of amides is 1. The van der Waals surface area contributed by atoms with E-state index in [1.165, 1.54) is 43.3 Å². The molecular formula is C24H28N4O6S. The zero-order valence-corrected chi connectivity index (χ0v) is 20.4. The molecule has 1 N–H and O–H groups in total. The molecule has 0 bridgehead atoms. The van der Waals surface area contributed by atoms with Crippen molar-refractivity contribution in [1.82, 2.24) is 19.1 Å². The fourth-order valence-corrected chi connectivity index (χ4v) is 5.12. The van der Waals surface area contributed by atoms with Crippen LogP contribution in [0.15, 0.2) is 59.3 Å². The van der Waals surface area contributed by atoms with Crippen molar-refractivity contribution in [2.75, 3.05) is 53.5 Å². The van der Waals surface area contributed by atoms with Crippen LogP contribution in [0.4, 0.5) is 0 Å². The number of hydrogen-bond donors (Lipinski definition) is 1. The molecule has 2 saturated heterocycles. The van der Waals surface area contributed by atoms with Gasteiger partial charge in [0.05, 0.1) is 29.7 Å². The Labute approximate surface area is 204 Å². The first-order chi connectivity index (χ1) is 16.7.